The molecule has 6 nitrogen and oxygen atoms in total. The van der Waals surface area contributed by atoms with Crippen LogP contribution in [0.25, 0.3) is 5.69 Å². The van der Waals surface area contributed by atoms with E-state index in [4.69, 9.17) is 4.74 Å². The summed E-state index contributed by atoms with van der Waals surface area (Å²) >= 11 is 0. The van der Waals surface area contributed by atoms with Crippen molar-refractivity contribution in [3.63, 3.8) is 0 Å². The summed E-state index contributed by atoms with van der Waals surface area (Å²) in [5, 5.41) is 13.5. The van der Waals surface area contributed by atoms with Crippen LogP contribution in [0, 0.1) is 0 Å². The van der Waals surface area contributed by atoms with Gasteiger partial charge < -0.3 is 14.6 Å². The molecule has 0 saturated heterocycles. The van der Waals surface area contributed by atoms with Gasteiger partial charge >= 0.3 is 5.97 Å². The Kier molecular flexibility index (Phi) is 3.18. The summed E-state index contributed by atoms with van der Waals surface area (Å²) in [5.41, 5.74) is 0.578. The van der Waals surface area contributed by atoms with Crippen molar-refractivity contribution in [1.82, 2.24) is 9.78 Å². The molecule has 2 rings (SSSR count). The molecule has 1 aromatic heterocycles. The maximum absolute atomic E-state index is 11.3. The molecule has 1 aromatic carbocycles. The Morgan fingerprint density at radius 3 is 2.50 bits per heavy atom. The van der Waals surface area contributed by atoms with E-state index in [-0.39, 0.29) is 11.4 Å². The fraction of sp³-hybridized carbons (Fsp3) is 0.167. The largest absolute Gasteiger partial charge is 0.504 e. The molecule has 0 atom stereocenters. The lowest BCUT2D eigenvalue weighted by Gasteiger charge is -2.02. The molecule has 1 N–H and O–H groups in total. The fourth-order valence-corrected chi connectivity index (χ4v) is 1.47. The Labute approximate surface area is 103 Å². The van der Waals surface area contributed by atoms with Crippen LogP contribution >= 0.6 is 0 Å². The molecular formula is C12H12N2O4. The van der Waals surface area contributed by atoms with Crippen LogP contribution in [-0.2, 0) is 4.74 Å². The highest BCUT2D eigenvalue weighted by molar-refractivity contribution is 5.90. The zero-order valence-corrected chi connectivity index (χ0v) is 9.95. The number of hydrogen-bond acceptors (Lipinski definition) is 5. The summed E-state index contributed by atoms with van der Waals surface area (Å²) in [6, 6.07) is 7.02. The van der Waals surface area contributed by atoms with Crippen molar-refractivity contribution in [2.75, 3.05) is 14.2 Å². The van der Waals surface area contributed by atoms with Crippen molar-refractivity contribution in [2.45, 2.75) is 0 Å². The third-order valence-corrected chi connectivity index (χ3v) is 2.41. The first-order valence-electron chi connectivity index (χ1n) is 5.17. The van der Waals surface area contributed by atoms with Gasteiger partial charge in [-0.25, -0.2) is 9.48 Å². The van der Waals surface area contributed by atoms with Gasteiger partial charge in [0.25, 0.3) is 0 Å². The second-order valence-corrected chi connectivity index (χ2v) is 3.50. The molecule has 0 unspecified atom stereocenters. The summed E-state index contributed by atoms with van der Waals surface area (Å²) in [6.45, 7) is 0. The van der Waals surface area contributed by atoms with Crippen molar-refractivity contribution in [2.24, 2.45) is 0 Å². The van der Waals surface area contributed by atoms with E-state index in [1.165, 1.54) is 18.0 Å². The quantitative estimate of drug-likeness (QED) is 0.830. The predicted octanol–water partition coefficient (Wildman–Crippen LogP) is 1.37. The monoisotopic (exact) mass is 248 g/mol. The van der Waals surface area contributed by atoms with Crippen LogP contribution in [0.1, 0.15) is 10.5 Å². The van der Waals surface area contributed by atoms with Gasteiger partial charge in [-0.15, -0.1) is 0 Å². The lowest BCUT2D eigenvalue weighted by atomic mass is 10.3. The highest BCUT2D eigenvalue weighted by Gasteiger charge is 2.17. The number of aromatic nitrogens is 2. The molecule has 0 spiro atoms. The minimum atomic E-state index is -0.681. The number of esters is 1. The topological polar surface area (TPSA) is 73.6 Å². The molecule has 0 amide bonds. The molecular weight excluding hydrogens is 236 g/mol. The van der Waals surface area contributed by atoms with E-state index in [0.717, 1.165) is 0 Å². The van der Waals surface area contributed by atoms with E-state index in [2.05, 4.69) is 9.84 Å². The van der Waals surface area contributed by atoms with Gasteiger partial charge in [-0.1, -0.05) is 0 Å². The number of benzene rings is 1. The molecule has 0 aliphatic rings. The van der Waals surface area contributed by atoms with Crippen LogP contribution in [-0.4, -0.2) is 35.1 Å². The molecule has 2 aromatic rings. The number of carbonyl (C=O) groups is 1. The Balaban J connectivity index is 2.36. The normalized spacial score (nSPS) is 10.1. The maximum atomic E-state index is 11.3. The standard InChI is InChI=1S/C12H12N2O4/c1-17-9-5-3-8(4-6-9)14-7-10(15)11(13-14)12(16)18-2/h3-7,15H,1-2H3. The smallest absolute Gasteiger partial charge is 0.362 e. The summed E-state index contributed by atoms with van der Waals surface area (Å²) in [6.07, 6.45) is 1.34. The first-order chi connectivity index (χ1) is 8.65. The van der Waals surface area contributed by atoms with Crippen molar-refractivity contribution in [3.05, 3.63) is 36.2 Å². The number of carbonyl (C=O) groups excluding carboxylic acids is 1. The van der Waals surface area contributed by atoms with Crippen LogP contribution in [0.2, 0.25) is 0 Å². The van der Waals surface area contributed by atoms with Crippen LogP contribution < -0.4 is 4.74 Å². The zero-order chi connectivity index (χ0) is 13.1. The Morgan fingerprint density at radius 1 is 1.28 bits per heavy atom. The average molecular weight is 248 g/mol. The predicted molar refractivity (Wildman–Crippen MR) is 63.1 cm³/mol. The lowest BCUT2D eigenvalue weighted by molar-refractivity contribution is 0.0590. The average Bonchev–Trinajstić information content (AvgIpc) is 2.80. The van der Waals surface area contributed by atoms with E-state index < -0.39 is 5.97 Å². The highest BCUT2D eigenvalue weighted by Crippen LogP contribution is 2.20. The molecule has 0 aliphatic carbocycles. The molecule has 0 bridgehead atoms. The summed E-state index contributed by atoms with van der Waals surface area (Å²) < 4.78 is 10.9. The van der Waals surface area contributed by atoms with Crippen molar-refractivity contribution >= 4 is 5.97 Å². The van der Waals surface area contributed by atoms with Crippen molar-refractivity contribution < 1.29 is 19.4 Å². The van der Waals surface area contributed by atoms with E-state index in [1.54, 1.807) is 31.4 Å². The van der Waals surface area contributed by atoms with Crippen LogP contribution in [0.5, 0.6) is 11.5 Å². The van der Waals surface area contributed by atoms with E-state index >= 15 is 0 Å². The van der Waals surface area contributed by atoms with Gasteiger partial charge in [0.05, 0.1) is 26.1 Å². The molecule has 0 radical (unpaired) electrons. The number of hydrogen-bond donors (Lipinski definition) is 1. The summed E-state index contributed by atoms with van der Waals surface area (Å²) in [5.74, 6) is -0.194. The second kappa shape index (κ2) is 4.79. The molecule has 94 valence electrons. The number of nitrogens with zero attached hydrogens (tertiary/aromatic N) is 2. The number of aromatic hydroxyl groups is 1. The first-order valence-corrected chi connectivity index (χ1v) is 5.17. The maximum Gasteiger partial charge on any atom is 0.362 e. The van der Waals surface area contributed by atoms with Crippen LogP contribution in [0.4, 0.5) is 0 Å². The molecule has 6 heteroatoms. The third-order valence-electron chi connectivity index (χ3n) is 2.41. The van der Waals surface area contributed by atoms with Gasteiger partial charge in [-0.3, -0.25) is 0 Å². The van der Waals surface area contributed by atoms with Crippen LogP contribution in [0.15, 0.2) is 30.5 Å². The van der Waals surface area contributed by atoms with Gasteiger partial charge in [0, 0.05) is 0 Å². The SMILES string of the molecule is COC(=O)c1nn(-c2ccc(OC)cc2)cc1O. The Hall–Kier alpha value is -2.50. The van der Waals surface area contributed by atoms with E-state index in [1.807, 2.05) is 0 Å². The molecule has 0 fully saturated rings. The minimum Gasteiger partial charge on any atom is -0.504 e. The fourth-order valence-electron chi connectivity index (χ4n) is 1.47. The number of ether oxygens (including phenoxy) is 2. The third kappa shape index (κ3) is 2.13. The van der Waals surface area contributed by atoms with E-state index in [9.17, 15) is 9.90 Å². The van der Waals surface area contributed by atoms with Gasteiger partial charge in [-0.2, -0.15) is 5.10 Å². The molecule has 18 heavy (non-hydrogen) atoms. The van der Waals surface area contributed by atoms with Gasteiger partial charge in [0.1, 0.15) is 5.75 Å². The Morgan fingerprint density at radius 2 is 1.94 bits per heavy atom. The zero-order valence-electron chi connectivity index (χ0n) is 9.95. The van der Waals surface area contributed by atoms with Crippen LogP contribution in [0.3, 0.4) is 0 Å². The number of rotatable bonds is 3. The lowest BCUT2D eigenvalue weighted by Crippen LogP contribution is -2.04. The second-order valence-electron chi connectivity index (χ2n) is 3.50. The molecule has 0 saturated carbocycles. The van der Waals surface area contributed by atoms with Crippen molar-refractivity contribution in [1.29, 1.82) is 0 Å². The Bertz CT molecular complexity index is 560. The summed E-state index contributed by atoms with van der Waals surface area (Å²) in [4.78, 5) is 11.3. The summed E-state index contributed by atoms with van der Waals surface area (Å²) in [7, 11) is 2.80. The minimum absolute atomic E-state index is 0.117. The van der Waals surface area contributed by atoms with E-state index in [0.29, 0.717) is 11.4 Å². The van der Waals surface area contributed by atoms with Gasteiger partial charge in [0.2, 0.25) is 5.69 Å². The van der Waals surface area contributed by atoms with Gasteiger partial charge in [-0.05, 0) is 24.3 Å². The molecule has 0 aliphatic heterocycles. The molecule has 1 heterocycles. The number of methoxy groups -OCH3 is 2. The first kappa shape index (κ1) is 12.0. The van der Waals surface area contributed by atoms with Gasteiger partial charge in [0.15, 0.2) is 5.75 Å². The van der Waals surface area contributed by atoms with Crippen molar-refractivity contribution in [3.8, 4) is 17.2 Å². The highest BCUT2D eigenvalue weighted by atomic mass is 16.5.